The van der Waals surface area contributed by atoms with Crippen molar-refractivity contribution in [3.63, 3.8) is 0 Å². The molecule has 0 radical (unpaired) electrons. The molecule has 2 rings (SSSR count). The maximum absolute atomic E-state index is 12.5. The summed E-state index contributed by atoms with van der Waals surface area (Å²) in [6, 6.07) is -0.0333. The minimum atomic E-state index is -0.793. The summed E-state index contributed by atoms with van der Waals surface area (Å²) in [5.74, 6) is -1.21. The predicted molar refractivity (Wildman–Crippen MR) is 80.2 cm³/mol. The number of carbonyl (C=O) groups excluding carboxylic acids is 1. The zero-order chi connectivity index (χ0) is 15.6. The van der Waals surface area contributed by atoms with Crippen LogP contribution in [0, 0.1) is 5.92 Å². The predicted octanol–water partition coefficient (Wildman–Crippen LogP) is 1.32. The third kappa shape index (κ3) is 3.31. The Kier molecular flexibility index (Phi) is 4.76. The van der Waals surface area contributed by atoms with Crippen LogP contribution in [0.3, 0.4) is 0 Å². The van der Waals surface area contributed by atoms with Gasteiger partial charge in [-0.15, -0.1) is 0 Å². The van der Waals surface area contributed by atoms with Gasteiger partial charge in [0.05, 0.1) is 5.92 Å². The number of carbonyl (C=O) groups is 2. The number of nitrogens with zero attached hydrogens (tertiary/aromatic N) is 3. The molecule has 1 saturated carbocycles. The number of hydrogen-bond acceptors (Lipinski definition) is 3. The van der Waals surface area contributed by atoms with Crippen molar-refractivity contribution in [1.82, 2.24) is 14.7 Å². The Morgan fingerprint density at radius 3 is 2.38 bits per heavy atom. The molecule has 0 bridgehead atoms. The van der Waals surface area contributed by atoms with Crippen molar-refractivity contribution in [2.75, 3.05) is 40.8 Å². The Morgan fingerprint density at radius 2 is 1.90 bits per heavy atom. The van der Waals surface area contributed by atoms with Crippen molar-refractivity contribution in [3.8, 4) is 0 Å². The minimum absolute atomic E-state index is 0.0333. The highest BCUT2D eigenvalue weighted by molar-refractivity contribution is 5.76. The zero-order valence-corrected chi connectivity index (χ0v) is 13.3. The SMILES string of the molecule is CN(CC1(N(C)C)CCC1)C(=O)N1CCC[C@@H](C(=O)O)C1. The molecule has 2 fully saturated rings. The van der Waals surface area contributed by atoms with Crippen LogP contribution in [0.1, 0.15) is 32.1 Å². The summed E-state index contributed by atoms with van der Waals surface area (Å²) < 4.78 is 0. The summed E-state index contributed by atoms with van der Waals surface area (Å²) in [5.41, 5.74) is 0.104. The Morgan fingerprint density at radius 1 is 1.24 bits per heavy atom. The summed E-state index contributed by atoms with van der Waals surface area (Å²) in [6.07, 6.45) is 4.90. The number of hydrogen-bond donors (Lipinski definition) is 1. The van der Waals surface area contributed by atoms with E-state index in [-0.39, 0.29) is 11.6 Å². The van der Waals surface area contributed by atoms with Gasteiger partial charge in [-0.05, 0) is 46.2 Å². The quantitative estimate of drug-likeness (QED) is 0.850. The molecule has 1 heterocycles. The highest BCUT2D eigenvalue weighted by atomic mass is 16.4. The Labute approximate surface area is 126 Å². The van der Waals surface area contributed by atoms with E-state index in [2.05, 4.69) is 19.0 Å². The smallest absolute Gasteiger partial charge is 0.319 e. The molecule has 0 spiro atoms. The summed E-state index contributed by atoms with van der Waals surface area (Å²) in [7, 11) is 5.97. The molecule has 1 aliphatic carbocycles. The molecule has 1 atom stereocenters. The number of urea groups is 1. The fourth-order valence-corrected chi connectivity index (χ4v) is 3.43. The monoisotopic (exact) mass is 297 g/mol. The van der Waals surface area contributed by atoms with E-state index in [0.717, 1.165) is 19.3 Å². The van der Waals surface area contributed by atoms with E-state index in [1.807, 2.05) is 7.05 Å². The van der Waals surface area contributed by atoms with Gasteiger partial charge in [-0.1, -0.05) is 0 Å². The second-order valence-electron chi connectivity index (χ2n) is 6.73. The molecule has 0 aromatic carbocycles. The van der Waals surface area contributed by atoms with E-state index in [0.29, 0.717) is 26.1 Å². The molecule has 6 heteroatoms. The number of carboxylic acid groups (broad SMARTS) is 1. The van der Waals surface area contributed by atoms with E-state index >= 15 is 0 Å². The molecule has 21 heavy (non-hydrogen) atoms. The number of likely N-dealkylation sites (N-methyl/N-ethyl adjacent to an activating group) is 2. The van der Waals surface area contributed by atoms with Crippen LogP contribution in [-0.2, 0) is 4.79 Å². The zero-order valence-electron chi connectivity index (χ0n) is 13.3. The standard InChI is InChI=1S/C15H27N3O3/c1-16(2)15(7-5-8-15)11-17(3)14(21)18-9-4-6-12(10-18)13(19)20/h12H,4-11H2,1-3H3,(H,19,20)/t12-/m1/s1. The average Bonchev–Trinajstić information content (AvgIpc) is 2.41. The van der Waals surface area contributed by atoms with E-state index in [1.54, 1.807) is 9.80 Å². The summed E-state index contributed by atoms with van der Waals surface area (Å²) >= 11 is 0. The lowest BCUT2D eigenvalue weighted by Gasteiger charge is -2.49. The van der Waals surface area contributed by atoms with Gasteiger partial charge in [0.25, 0.3) is 0 Å². The molecule has 6 nitrogen and oxygen atoms in total. The first-order chi connectivity index (χ1) is 9.85. The third-order valence-electron chi connectivity index (χ3n) is 5.13. The number of piperidine rings is 1. The molecular weight excluding hydrogens is 270 g/mol. The molecule has 0 aromatic rings. The van der Waals surface area contributed by atoms with E-state index in [1.165, 1.54) is 6.42 Å². The first-order valence-corrected chi connectivity index (χ1v) is 7.76. The van der Waals surface area contributed by atoms with Crippen LogP contribution in [0.5, 0.6) is 0 Å². The van der Waals surface area contributed by atoms with Crippen molar-refractivity contribution in [1.29, 1.82) is 0 Å². The van der Waals surface area contributed by atoms with Crippen molar-refractivity contribution in [2.24, 2.45) is 5.92 Å². The molecule has 1 N–H and O–H groups in total. The van der Waals surface area contributed by atoms with Gasteiger partial charge >= 0.3 is 12.0 Å². The van der Waals surface area contributed by atoms with Crippen molar-refractivity contribution >= 4 is 12.0 Å². The Balaban J connectivity index is 1.94. The molecule has 2 amide bonds. The van der Waals surface area contributed by atoms with Crippen molar-refractivity contribution in [3.05, 3.63) is 0 Å². The fourth-order valence-electron chi connectivity index (χ4n) is 3.43. The van der Waals surface area contributed by atoms with Gasteiger partial charge in [0, 0.05) is 32.2 Å². The van der Waals surface area contributed by atoms with Crippen LogP contribution in [0.4, 0.5) is 4.79 Å². The highest BCUT2D eigenvalue weighted by Gasteiger charge is 2.41. The molecule has 120 valence electrons. The second kappa shape index (κ2) is 6.22. The number of rotatable bonds is 4. The van der Waals surface area contributed by atoms with Crippen LogP contribution in [0.2, 0.25) is 0 Å². The van der Waals surface area contributed by atoms with Gasteiger partial charge in [-0.3, -0.25) is 4.79 Å². The Hall–Kier alpha value is -1.30. The van der Waals surface area contributed by atoms with E-state index < -0.39 is 11.9 Å². The Bertz CT molecular complexity index is 407. The fraction of sp³-hybridized carbons (Fsp3) is 0.867. The molecular formula is C15H27N3O3. The summed E-state index contributed by atoms with van der Waals surface area (Å²) in [5, 5.41) is 9.12. The van der Waals surface area contributed by atoms with Crippen LogP contribution in [0.15, 0.2) is 0 Å². The van der Waals surface area contributed by atoms with E-state index in [4.69, 9.17) is 5.11 Å². The van der Waals surface area contributed by atoms with Gasteiger partial charge in [-0.2, -0.15) is 0 Å². The van der Waals surface area contributed by atoms with Crippen LogP contribution < -0.4 is 0 Å². The van der Waals surface area contributed by atoms with Gasteiger partial charge in [0.1, 0.15) is 0 Å². The number of likely N-dealkylation sites (tertiary alicyclic amines) is 1. The second-order valence-corrected chi connectivity index (χ2v) is 6.73. The van der Waals surface area contributed by atoms with Crippen LogP contribution in [0.25, 0.3) is 0 Å². The maximum atomic E-state index is 12.5. The normalized spacial score (nSPS) is 24.6. The molecule has 0 aromatic heterocycles. The average molecular weight is 297 g/mol. The first-order valence-electron chi connectivity index (χ1n) is 7.76. The minimum Gasteiger partial charge on any atom is -0.481 e. The lowest BCUT2D eigenvalue weighted by Crippen LogP contribution is -2.59. The van der Waals surface area contributed by atoms with Crippen LogP contribution in [-0.4, -0.2) is 78.1 Å². The number of aliphatic carboxylic acids is 1. The van der Waals surface area contributed by atoms with Gasteiger partial charge < -0.3 is 19.8 Å². The highest BCUT2D eigenvalue weighted by Crippen LogP contribution is 2.36. The van der Waals surface area contributed by atoms with Crippen LogP contribution >= 0.6 is 0 Å². The van der Waals surface area contributed by atoms with Crippen molar-refractivity contribution < 1.29 is 14.7 Å². The molecule has 1 aliphatic heterocycles. The summed E-state index contributed by atoms with van der Waals surface area (Å²) in [6.45, 7) is 1.72. The largest absolute Gasteiger partial charge is 0.481 e. The lowest BCUT2D eigenvalue weighted by atomic mass is 9.75. The summed E-state index contributed by atoms with van der Waals surface area (Å²) in [4.78, 5) is 29.3. The molecule has 2 aliphatic rings. The maximum Gasteiger partial charge on any atom is 0.319 e. The topological polar surface area (TPSA) is 64.1 Å². The van der Waals surface area contributed by atoms with Crippen molar-refractivity contribution in [2.45, 2.75) is 37.6 Å². The van der Waals surface area contributed by atoms with Gasteiger partial charge in [-0.25, -0.2) is 4.79 Å². The van der Waals surface area contributed by atoms with Gasteiger partial charge in [0.2, 0.25) is 0 Å². The lowest BCUT2D eigenvalue weighted by molar-refractivity contribution is -0.143. The number of amides is 2. The third-order valence-corrected chi connectivity index (χ3v) is 5.13. The van der Waals surface area contributed by atoms with E-state index in [9.17, 15) is 9.59 Å². The first kappa shape index (κ1) is 16.1. The molecule has 1 saturated heterocycles. The molecule has 0 unspecified atom stereocenters. The van der Waals surface area contributed by atoms with Gasteiger partial charge in [0.15, 0.2) is 0 Å². The number of carboxylic acids is 1.